The summed E-state index contributed by atoms with van der Waals surface area (Å²) in [5.74, 6) is -0.612. The first-order valence-corrected chi connectivity index (χ1v) is 7.85. The highest BCUT2D eigenvalue weighted by atomic mass is 32.2. The maximum absolute atomic E-state index is 13.5. The molecule has 0 spiro atoms. The second kappa shape index (κ2) is 5.37. The molecule has 0 aliphatic carbocycles. The Hall–Kier alpha value is -2.08. The van der Waals surface area contributed by atoms with Crippen LogP contribution in [0.4, 0.5) is 15.8 Å². The zero-order chi connectivity index (χ0) is 15.8. The van der Waals surface area contributed by atoms with Crippen LogP contribution in [0.2, 0.25) is 0 Å². The summed E-state index contributed by atoms with van der Waals surface area (Å²) < 4.78 is 41.1. The Morgan fingerprint density at radius 2 is 1.81 bits per heavy atom. The summed E-state index contributed by atoms with van der Waals surface area (Å²) in [6, 6.07) is 8.13. The number of rotatable bonds is 3. The topological polar surface area (TPSA) is 72.2 Å². The fourth-order valence-corrected chi connectivity index (χ4v) is 3.79. The predicted molar refractivity (Wildman–Crippen MR) is 82.3 cm³/mol. The summed E-state index contributed by atoms with van der Waals surface area (Å²) in [4.78, 5) is 0.0166. The smallest absolute Gasteiger partial charge is 0.262 e. The van der Waals surface area contributed by atoms with Crippen molar-refractivity contribution >= 4 is 21.4 Å². The molecule has 0 bridgehead atoms. The van der Waals surface area contributed by atoms with Crippen LogP contribution < -0.4 is 10.5 Å². The summed E-state index contributed by atoms with van der Waals surface area (Å²) in [5.41, 5.74) is 7.37. The van der Waals surface area contributed by atoms with E-state index in [1.54, 1.807) is 25.1 Å². The molecule has 0 heterocycles. The number of aryl methyl sites for hydroxylation is 2. The molecule has 0 atom stereocenters. The first-order chi connectivity index (χ1) is 9.72. The number of hydrogen-bond donors (Lipinski definition) is 2. The van der Waals surface area contributed by atoms with E-state index in [4.69, 9.17) is 5.73 Å². The van der Waals surface area contributed by atoms with Crippen LogP contribution >= 0.6 is 0 Å². The van der Waals surface area contributed by atoms with Crippen molar-refractivity contribution in [3.63, 3.8) is 0 Å². The zero-order valence-corrected chi connectivity index (χ0v) is 12.9. The van der Waals surface area contributed by atoms with Crippen LogP contribution in [0.3, 0.4) is 0 Å². The Bertz CT molecular complexity index is 802. The van der Waals surface area contributed by atoms with Crippen molar-refractivity contribution in [2.75, 3.05) is 10.5 Å². The van der Waals surface area contributed by atoms with Gasteiger partial charge in [0.05, 0.1) is 10.6 Å². The number of nitrogens with two attached hydrogens (primary N) is 1. The molecule has 2 rings (SSSR count). The second-order valence-corrected chi connectivity index (χ2v) is 6.64. The van der Waals surface area contributed by atoms with E-state index in [-0.39, 0.29) is 16.1 Å². The van der Waals surface area contributed by atoms with E-state index in [9.17, 15) is 12.8 Å². The predicted octanol–water partition coefficient (Wildman–Crippen LogP) is 3.13. The van der Waals surface area contributed by atoms with Gasteiger partial charge < -0.3 is 5.73 Å². The van der Waals surface area contributed by atoms with Gasteiger partial charge in [0.15, 0.2) is 0 Å². The fourth-order valence-electron chi connectivity index (χ4n) is 2.26. The first kappa shape index (κ1) is 15.3. The van der Waals surface area contributed by atoms with Gasteiger partial charge in [-0.05, 0) is 55.7 Å². The van der Waals surface area contributed by atoms with Crippen LogP contribution in [0, 0.1) is 26.6 Å². The fraction of sp³-hybridized carbons (Fsp3) is 0.200. The van der Waals surface area contributed by atoms with Crippen LogP contribution in [-0.2, 0) is 10.0 Å². The zero-order valence-electron chi connectivity index (χ0n) is 12.1. The molecule has 0 fully saturated rings. The van der Waals surface area contributed by atoms with E-state index in [1.165, 1.54) is 6.92 Å². The molecule has 4 nitrogen and oxygen atoms in total. The number of nitrogen functional groups attached to an aromatic ring is 1. The lowest BCUT2D eigenvalue weighted by atomic mass is 10.1. The molecule has 3 N–H and O–H groups in total. The van der Waals surface area contributed by atoms with Crippen LogP contribution in [0.25, 0.3) is 0 Å². The minimum absolute atomic E-state index is 0.0166. The Morgan fingerprint density at radius 3 is 2.43 bits per heavy atom. The maximum atomic E-state index is 13.5. The number of anilines is 2. The monoisotopic (exact) mass is 308 g/mol. The molecule has 112 valence electrons. The van der Waals surface area contributed by atoms with Crippen molar-refractivity contribution in [2.45, 2.75) is 25.7 Å². The number of benzene rings is 2. The third-order valence-electron chi connectivity index (χ3n) is 3.24. The maximum Gasteiger partial charge on any atom is 0.262 e. The lowest BCUT2D eigenvalue weighted by Gasteiger charge is -2.15. The Kier molecular flexibility index (Phi) is 3.91. The summed E-state index contributed by atoms with van der Waals surface area (Å²) >= 11 is 0. The van der Waals surface area contributed by atoms with Crippen molar-refractivity contribution < 1.29 is 12.8 Å². The lowest BCUT2D eigenvalue weighted by molar-refractivity contribution is 0.598. The molecule has 0 saturated carbocycles. The number of nitrogens with one attached hydrogen (secondary N) is 1. The van der Waals surface area contributed by atoms with Gasteiger partial charge in [0, 0.05) is 5.69 Å². The Balaban J connectivity index is 2.53. The highest BCUT2D eigenvalue weighted by molar-refractivity contribution is 7.92. The average molecular weight is 308 g/mol. The van der Waals surface area contributed by atoms with Crippen molar-refractivity contribution in [3.8, 4) is 0 Å². The number of sulfonamides is 1. The molecule has 0 aromatic heterocycles. The summed E-state index contributed by atoms with van der Waals surface area (Å²) in [7, 11) is -3.83. The summed E-state index contributed by atoms with van der Waals surface area (Å²) in [5, 5.41) is 0. The van der Waals surface area contributed by atoms with E-state index in [2.05, 4.69) is 4.72 Å². The molecule has 0 amide bonds. The first-order valence-electron chi connectivity index (χ1n) is 6.37. The Morgan fingerprint density at radius 1 is 1.14 bits per heavy atom. The highest BCUT2D eigenvalue weighted by Crippen LogP contribution is 2.29. The van der Waals surface area contributed by atoms with E-state index < -0.39 is 15.8 Å². The van der Waals surface area contributed by atoms with Gasteiger partial charge in [-0.1, -0.05) is 12.1 Å². The Labute approximate surface area is 123 Å². The number of hydrogen-bond acceptors (Lipinski definition) is 3. The van der Waals surface area contributed by atoms with E-state index >= 15 is 0 Å². The van der Waals surface area contributed by atoms with Crippen LogP contribution in [-0.4, -0.2) is 8.42 Å². The van der Waals surface area contributed by atoms with E-state index in [1.807, 2.05) is 13.0 Å². The second-order valence-electron chi connectivity index (χ2n) is 5.02. The van der Waals surface area contributed by atoms with E-state index in [0.29, 0.717) is 11.3 Å². The van der Waals surface area contributed by atoms with Gasteiger partial charge in [0.1, 0.15) is 5.82 Å². The largest absolute Gasteiger partial charge is 0.396 e. The van der Waals surface area contributed by atoms with Gasteiger partial charge in [0.25, 0.3) is 10.0 Å². The molecule has 0 saturated heterocycles. The van der Waals surface area contributed by atoms with Crippen LogP contribution in [0.5, 0.6) is 0 Å². The van der Waals surface area contributed by atoms with Gasteiger partial charge in [-0.25, -0.2) is 12.8 Å². The molecule has 0 aliphatic rings. The van der Waals surface area contributed by atoms with Crippen LogP contribution in [0.15, 0.2) is 35.2 Å². The summed E-state index contributed by atoms with van der Waals surface area (Å²) in [6.45, 7) is 4.90. The number of halogens is 1. The van der Waals surface area contributed by atoms with Crippen LogP contribution in [0.1, 0.15) is 16.7 Å². The SMILES string of the molecule is Cc1cccc(NS(=O)(=O)c2c(C)cc(F)c(N)c2C)c1. The molecule has 0 radical (unpaired) electrons. The standard InChI is InChI=1S/C15H17FN2O2S/c1-9-5-4-6-12(7-9)18-21(19,20)15-10(2)8-13(16)14(17)11(15)3/h4-8,18H,17H2,1-3H3. The molecule has 2 aromatic carbocycles. The lowest BCUT2D eigenvalue weighted by Crippen LogP contribution is -2.17. The van der Waals surface area contributed by atoms with Gasteiger partial charge in [-0.2, -0.15) is 0 Å². The highest BCUT2D eigenvalue weighted by Gasteiger charge is 2.23. The van der Waals surface area contributed by atoms with Gasteiger partial charge in [-0.3, -0.25) is 4.72 Å². The average Bonchev–Trinajstić information content (AvgIpc) is 2.35. The van der Waals surface area contributed by atoms with Gasteiger partial charge in [-0.15, -0.1) is 0 Å². The third kappa shape index (κ3) is 3.00. The molecular formula is C15H17FN2O2S. The molecule has 0 aliphatic heterocycles. The minimum Gasteiger partial charge on any atom is -0.396 e. The minimum atomic E-state index is -3.83. The molecule has 2 aromatic rings. The molecule has 21 heavy (non-hydrogen) atoms. The third-order valence-corrected chi connectivity index (χ3v) is 4.91. The van der Waals surface area contributed by atoms with Gasteiger partial charge >= 0.3 is 0 Å². The van der Waals surface area contributed by atoms with Crippen molar-refractivity contribution in [3.05, 3.63) is 52.8 Å². The van der Waals surface area contributed by atoms with Crippen molar-refractivity contribution in [1.29, 1.82) is 0 Å². The van der Waals surface area contributed by atoms with Crippen molar-refractivity contribution in [1.82, 2.24) is 0 Å². The summed E-state index contributed by atoms with van der Waals surface area (Å²) in [6.07, 6.45) is 0. The van der Waals surface area contributed by atoms with E-state index in [0.717, 1.165) is 11.6 Å². The van der Waals surface area contributed by atoms with Crippen molar-refractivity contribution in [2.24, 2.45) is 0 Å². The van der Waals surface area contributed by atoms with Gasteiger partial charge in [0.2, 0.25) is 0 Å². The molecular weight excluding hydrogens is 291 g/mol. The molecule has 0 unspecified atom stereocenters. The molecule has 6 heteroatoms. The quantitative estimate of drug-likeness (QED) is 0.856. The normalized spacial score (nSPS) is 11.4.